The van der Waals surface area contributed by atoms with Crippen molar-refractivity contribution in [1.29, 1.82) is 0 Å². The van der Waals surface area contributed by atoms with Gasteiger partial charge in [-0.3, -0.25) is 9.78 Å². The first-order chi connectivity index (χ1) is 8.67. The van der Waals surface area contributed by atoms with Gasteiger partial charge < -0.3 is 15.5 Å². The number of aromatic nitrogens is 2. The van der Waals surface area contributed by atoms with Gasteiger partial charge >= 0.3 is 0 Å². The first kappa shape index (κ1) is 14.2. The largest absolute Gasteiger partial charge is 0.369 e. The molecule has 0 unspecified atom stereocenters. The summed E-state index contributed by atoms with van der Waals surface area (Å²) >= 11 is 0. The molecule has 0 bridgehead atoms. The summed E-state index contributed by atoms with van der Waals surface area (Å²) in [5, 5.41) is 5.92. The number of likely N-dealkylation sites (N-methyl/N-ethyl adjacent to an activating group) is 1. The zero-order valence-corrected chi connectivity index (χ0v) is 11.2. The predicted octanol–water partition coefficient (Wildman–Crippen LogP) is 0.871. The lowest BCUT2D eigenvalue weighted by Gasteiger charge is -2.17. The molecule has 2 N–H and O–H groups in total. The third kappa shape index (κ3) is 4.57. The van der Waals surface area contributed by atoms with Crippen LogP contribution in [-0.2, 0) is 4.79 Å². The highest BCUT2D eigenvalue weighted by molar-refractivity contribution is 5.80. The van der Waals surface area contributed by atoms with Crippen molar-refractivity contribution in [2.45, 2.75) is 20.3 Å². The third-order valence-corrected chi connectivity index (χ3v) is 2.32. The Morgan fingerprint density at radius 3 is 2.83 bits per heavy atom. The number of hydrogen-bond donors (Lipinski definition) is 2. The Labute approximate surface area is 108 Å². The smallest absolute Gasteiger partial charge is 0.239 e. The van der Waals surface area contributed by atoms with Gasteiger partial charge in [0.15, 0.2) is 0 Å². The number of hydrogen-bond acceptors (Lipinski definition) is 5. The van der Waals surface area contributed by atoms with Crippen LogP contribution in [0.2, 0.25) is 0 Å². The van der Waals surface area contributed by atoms with E-state index >= 15 is 0 Å². The first-order valence-electron chi connectivity index (χ1n) is 6.21. The van der Waals surface area contributed by atoms with Gasteiger partial charge in [-0.15, -0.1) is 0 Å². The summed E-state index contributed by atoms with van der Waals surface area (Å²) in [5.41, 5.74) is 0. The van der Waals surface area contributed by atoms with Gasteiger partial charge in [0.2, 0.25) is 5.91 Å². The second-order valence-corrected chi connectivity index (χ2v) is 4.00. The summed E-state index contributed by atoms with van der Waals surface area (Å²) in [7, 11) is 1.82. The third-order valence-electron chi connectivity index (χ3n) is 2.32. The number of rotatable bonds is 7. The van der Waals surface area contributed by atoms with Gasteiger partial charge in [0.25, 0.3) is 0 Å². The quantitative estimate of drug-likeness (QED) is 0.752. The van der Waals surface area contributed by atoms with E-state index in [2.05, 4.69) is 20.6 Å². The van der Waals surface area contributed by atoms with Gasteiger partial charge in [-0.25, -0.2) is 4.98 Å². The summed E-state index contributed by atoms with van der Waals surface area (Å²) in [5.74, 6) is 1.39. The molecule has 0 radical (unpaired) electrons. The first-order valence-corrected chi connectivity index (χ1v) is 6.21. The predicted molar refractivity (Wildman–Crippen MR) is 72.8 cm³/mol. The summed E-state index contributed by atoms with van der Waals surface area (Å²) in [6, 6.07) is 0. The van der Waals surface area contributed by atoms with E-state index in [9.17, 15) is 4.79 Å². The molecule has 0 saturated heterocycles. The SMILES string of the molecule is CCCNC(=O)CN(C)c1cncc(NCC)n1. The molecule has 100 valence electrons. The molecule has 0 aromatic carbocycles. The Hall–Kier alpha value is -1.85. The number of nitrogens with one attached hydrogen (secondary N) is 2. The standard InChI is InChI=1S/C12H21N5O/c1-4-6-15-12(18)9-17(3)11-8-13-7-10(16-11)14-5-2/h7-8H,4-6,9H2,1-3H3,(H,14,16)(H,15,18). The second kappa shape index (κ2) is 7.47. The molecule has 1 rings (SSSR count). The highest BCUT2D eigenvalue weighted by Gasteiger charge is 2.08. The van der Waals surface area contributed by atoms with Crippen molar-refractivity contribution in [3.05, 3.63) is 12.4 Å². The van der Waals surface area contributed by atoms with E-state index < -0.39 is 0 Å². The van der Waals surface area contributed by atoms with Crippen LogP contribution in [0.15, 0.2) is 12.4 Å². The molecule has 1 heterocycles. The van der Waals surface area contributed by atoms with E-state index in [1.54, 1.807) is 17.3 Å². The van der Waals surface area contributed by atoms with Crippen LogP contribution < -0.4 is 15.5 Å². The Kier molecular flexibility index (Phi) is 5.90. The number of anilines is 2. The van der Waals surface area contributed by atoms with Gasteiger partial charge in [-0.2, -0.15) is 0 Å². The molecule has 0 saturated carbocycles. The van der Waals surface area contributed by atoms with Crippen LogP contribution in [0.25, 0.3) is 0 Å². The number of carbonyl (C=O) groups excluding carboxylic acids is 1. The molecule has 0 aliphatic rings. The van der Waals surface area contributed by atoms with Gasteiger partial charge in [-0.1, -0.05) is 6.92 Å². The van der Waals surface area contributed by atoms with Crippen LogP contribution in [0.3, 0.4) is 0 Å². The Morgan fingerprint density at radius 1 is 1.39 bits per heavy atom. The van der Waals surface area contributed by atoms with Crippen molar-refractivity contribution < 1.29 is 4.79 Å². The van der Waals surface area contributed by atoms with Crippen molar-refractivity contribution in [2.24, 2.45) is 0 Å². The summed E-state index contributed by atoms with van der Waals surface area (Å²) in [6.07, 6.45) is 4.25. The number of amides is 1. The van der Waals surface area contributed by atoms with Crippen LogP contribution in [0.5, 0.6) is 0 Å². The molecule has 1 aromatic heterocycles. The van der Waals surface area contributed by atoms with Crippen molar-refractivity contribution in [1.82, 2.24) is 15.3 Å². The maximum absolute atomic E-state index is 11.6. The molecule has 0 aliphatic heterocycles. The summed E-state index contributed by atoms with van der Waals surface area (Å²) in [6.45, 7) is 5.80. The zero-order chi connectivity index (χ0) is 13.4. The minimum atomic E-state index is -0.00463. The van der Waals surface area contributed by atoms with E-state index in [0.717, 1.165) is 18.8 Å². The van der Waals surface area contributed by atoms with Crippen molar-refractivity contribution in [2.75, 3.05) is 36.9 Å². The van der Waals surface area contributed by atoms with Gasteiger partial charge in [-0.05, 0) is 13.3 Å². The molecule has 6 heteroatoms. The summed E-state index contributed by atoms with van der Waals surface area (Å²) in [4.78, 5) is 21.8. The fraction of sp³-hybridized carbons (Fsp3) is 0.583. The van der Waals surface area contributed by atoms with Crippen molar-refractivity contribution in [3.63, 3.8) is 0 Å². The maximum atomic E-state index is 11.6. The number of carbonyl (C=O) groups is 1. The zero-order valence-electron chi connectivity index (χ0n) is 11.2. The van der Waals surface area contributed by atoms with E-state index in [1.807, 2.05) is 20.9 Å². The second-order valence-electron chi connectivity index (χ2n) is 4.00. The van der Waals surface area contributed by atoms with E-state index in [1.165, 1.54) is 0 Å². The van der Waals surface area contributed by atoms with E-state index in [-0.39, 0.29) is 12.5 Å². The molecule has 0 spiro atoms. The molecule has 1 aromatic rings. The molecule has 6 nitrogen and oxygen atoms in total. The van der Waals surface area contributed by atoms with Crippen LogP contribution in [-0.4, -0.2) is 42.6 Å². The fourth-order valence-corrected chi connectivity index (χ4v) is 1.42. The van der Waals surface area contributed by atoms with Crippen LogP contribution >= 0.6 is 0 Å². The minimum Gasteiger partial charge on any atom is -0.369 e. The topological polar surface area (TPSA) is 70.2 Å². The highest BCUT2D eigenvalue weighted by Crippen LogP contribution is 2.10. The van der Waals surface area contributed by atoms with Crippen LogP contribution in [0, 0.1) is 0 Å². The highest BCUT2D eigenvalue weighted by atomic mass is 16.2. The maximum Gasteiger partial charge on any atom is 0.239 e. The molecular formula is C12H21N5O. The van der Waals surface area contributed by atoms with Crippen molar-refractivity contribution in [3.8, 4) is 0 Å². The van der Waals surface area contributed by atoms with E-state index in [0.29, 0.717) is 12.4 Å². The lowest BCUT2D eigenvalue weighted by Crippen LogP contribution is -2.35. The lowest BCUT2D eigenvalue weighted by atomic mass is 10.4. The Balaban J connectivity index is 2.57. The lowest BCUT2D eigenvalue weighted by molar-refractivity contribution is -0.119. The van der Waals surface area contributed by atoms with Gasteiger partial charge in [0.05, 0.1) is 18.9 Å². The Bertz CT molecular complexity index is 382. The minimum absolute atomic E-state index is 0.00463. The summed E-state index contributed by atoms with van der Waals surface area (Å²) < 4.78 is 0. The molecule has 18 heavy (non-hydrogen) atoms. The average Bonchev–Trinajstić information content (AvgIpc) is 2.37. The molecule has 1 amide bonds. The van der Waals surface area contributed by atoms with Gasteiger partial charge in [0, 0.05) is 20.1 Å². The normalized spacial score (nSPS) is 9.94. The average molecular weight is 251 g/mol. The van der Waals surface area contributed by atoms with Crippen LogP contribution in [0.1, 0.15) is 20.3 Å². The molecule has 0 atom stereocenters. The van der Waals surface area contributed by atoms with E-state index in [4.69, 9.17) is 0 Å². The molecule has 0 fully saturated rings. The Morgan fingerprint density at radius 2 is 2.17 bits per heavy atom. The van der Waals surface area contributed by atoms with Gasteiger partial charge in [0.1, 0.15) is 11.6 Å². The molecular weight excluding hydrogens is 230 g/mol. The number of nitrogens with zero attached hydrogens (tertiary/aromatic N) is 3. The fourth-order valence-electron chi connectivity index (χ4n) is 1.42. The van der Waals surface area contributed by atoms with Crippen molar-refractivity contribution >= 4 is 17.5 Å². The monoisotopic (exact) mass is 251 g/mol. The van der Waals surface area contributed by atoms with Crippen LogP contribution in [0.4, 0.5) is 11.6 Å². The molecule has 0 aliphatic carbocycles.